The summed E-state index contributed by atoms with van der Waals surface area (Å²) in [5.41, 5.74) is 11.2. The van der Waals surface area contributed by atoms with Crippen LogP contribution in [0.3, 0.4) is 0 Å². The Morgan fingerprint density at radius 2 is 1.73 bits per heavy atom. The number of nitrogens with one attached hydrogen (secondary N) is 4. The molecule has 2 saturated carbocycles. The number of nitrogens with zero attached hydrogens (tertiary/aromatic N) is 3. The number of anilines is 3. The number of benzene rings is 3. The Kier molecular flexibility index (Phi) is 14.2. The van der Waals surface area contributed by atoms with Crippen LogP contribution in [-0.4, -0.2) is 108 Å². The fraction of sp³-hybridized carbons (Fsp3) is 0.474. The molecule has 3 aromatic heterocycles. The van der Waals surface area contributed by atoms with Crippen LogP contribution in [0.2, 0.25) is 0 Å². The molecule has 6 aromatic rings. The standard InChI is InChI=1S/C57H65F3N8O8S/c1-31-4-12-41-49(61)50(77-53(41)64-31)52(72)65-38-10-7-33-21-39(11-8-32(33)20-38)67-27-34-5-6-35(28-67)48(34)51(71)63-17-19-74-18-16-62-26-40(70)29-68-44-25-42(58)43(22-36(44)23-47(68)55(2,3)30-69)66-54(73)56(14-15-56)37-9-13-45-46(24-37)76-57(59,60)75-45/h4,8-9,11-13,21-25,34-35,38,40,48,62,69-70H,5-7,10,14-20,26-30,61H2,1-3H3,(H,63,71)(H,65,72)(H,66,73)/t34-,35+,38-,40-,48?/m0/s1. The SMILES string of the molecule is Cc1ccc2c(N)c(C(=O)N[C@H]3CCc4cc(N5C[C@H]6CC[C@@H](C5)C6C(=O)NCCOCCNC[C@H](O)Cn5c(C(C)(C)CO)cc6cc(NC(=O)C7(c8ccc9c(c8)OC(F)(F)O9)CC7)c(F)cc65)ccc4C3)sc2n1. The van der Waals surface area contributed by atoms with Gasteiger partial charge in [0.2, 0.25) is 11.8 Å². The Labute approximate surface area is 447 Å². The number of hydrogen-bond acceptors (Lipinski definition) is 13. The van der Waals surface area contributed by atoms with E-state index in [9.17, 15) is 33.4 Å². The lowest BCUT2D eigenvalue weighted by Gasteiger charge is -2.39. The topological polar surface area (TPSA) is 215 Å². The smallest absolute Gasteiger partial charge is 0.397 e. The van der Waals surface area contributed by atoms with E-state index in [0.717, 1.165) is 61.1 Å². The van der Waals surface area contributed by atoms with E-state index in [4.69, 9.17) is 10.5 Å². The number of fused-ring (bicyclic) bond motifs is 6. The Hall–Kier alpha value is -6.45. The number of aliphatic hydroxyl groups is 2. The maximum atomic E-state index is 15.9. The number of carbonyl (C=O) groups excluding carboxylic acids is 3. The van der Waals surface area contributed by atoms with Gasteiger partial charge in [-0.3, -0.25) is 14.4 Å². The number of aryl methyl sites for hydroxylation is 2. The lowest BCUT2D eigenvalue weighted by atomic mass is 9.83. The van der Waals surface area contributed by atoms with Crippen LogP contribution in [0.25, 0.3) is 21.1 Å². The number of piperidine rings is 1. The first kappa shape index (κ1) is 52.6. The van der Waals surface area contributed by atoms with Crippen molar-refractivity contribution in [2.45, 2.75) is 102 Å². The van der Waals surface area contributed by atoms with Gasteiger partial charge in [0.05, 0.1) is 54.8 Å². The van der Waals surface area contributed by atoms with E-state index < -0.39 is 35.0 Å². The van der Waals surface area contributed by atoms with Crippen molar-refractivity contribution in [3.05, 3.63) is 106 Å². The third-order valence-electron chi connectivity index (χ3n) is 16.4. The molecule has 20 heteroatoms. The zero-order chi connectivity index (χ0) is 54.0. The summed E-state index contributed by atoms with van der Waals surface area (Å²) in [7, 11) is 0. The minimum atomic E-state index is -3.80. The number of pyridine rings is 1. The molecule has 5 aliphatic rings. The number of nitrogens with two attached hydrogens (primary N) is 1. The van der Waals surface area contributed by atoms with Crippen LogP contribution in [0.15, 0.2) is 66.7 Å². The Morgan fingerprint density at radius 3 is 2.49 bits per heavy atom. The maximum absolute atomic E-state index is 15.9. The first-order valence-electron chi connectivity index (χ1n) is 26.6. The number of nitrogen functional groups attached to an aromatic ring is 1. The Balaban J connectivity index is 0.613. The molecule has 0 spiro atoms. The normalized spacial score (nSPS) is 21.3. The lowest BCUT2D eigenvalue weighted by molar-refractivity contribution is -0.286. The van der Waals surface area contributed by atoms with Gasteiger partial charge in [0.25, 0.3) is 5.91 Å². The minimum absolute atomic E-state index is 0.0148. The van der Waals surface area contributed by atoms with Crippen molar-refractivity contribution in [3.8, 4) is 11.5 Å². The predicted octanol–water partition coefficient (Wildman–Crippen LogP) is 7.08. The van der Waals surface area contributed by atoms with E-state index >= 15 is 4.39 Å². The highest BCUT2D eigenvalue weighted by Crippen LogP contribution is 2.53. The molecule has 16 nitrogen and oxygen atoms in total. The summed E-state index contributed by atoms with van der Waals surface area (Å²) in [4.78, 5) is 48.9. The number of rotatable bonds is 19. The van der Waals surface area contributed by atoms with E-state index in [0.29, 0.717) is 71.9 Å². The maximum Gasteiger partial charge on any atom is 0.586 e. The molecule has 5 heterocycles. The molecule has 3 amide bonds. The van der Waals surface area contributed by atoms with Gasteiger partial charge in [-0.25, -0.2) is 9.37 Å². The molecule has 0 radical (unpaired) electrons. The van der Waals surface area contributed by atoms with Crippen LogP contribution < -0.4 is 41.4 Å². The fourth-order valence-electron chi connectivity index (χ4n) is 12.1. The van der Waals surface area contributed by atoms with Crippen LogP contribution >= 0.6 is 11.3 Å². The highest BCUT2D eigenvalue weighted by molar-refractivity contribution is 7.21. The third-order valence-corrected chi connectivity index (χ3v) is 17.5. The van der Waals surface area contributed by atoms with Gasteiger partial charge in [0.15, 0.2) is 11.5 Å². The molecule has 408 valence electrons. The molecular weight excluding hydrogens is 1010 g/mol. The van der Waals surface area contributed by atoms with Crippen LogP contribution in [0.4, 0.5) is 30.2 Å². The van der Waals surface area contributed by atoms with Gasteiger partial charge < -0.3 is 60.9 Å². The average Bonchev–Trinajstić information content (AvgIpc) is 3.87. The van der Waals surface area contributed by atoms with Crippen LogP contribution in [0.5, 0.6) is 11.5 Å². The summed E-state index contributed by atoms with van der Waals surface area (Å²) in [5, 5.41) is 35.2. The Bertz CT molecular complexity index is 3260. The number of alkyl halides is 2. The largest absolute Gasteiger partial charge is 0.586 e. The lowest BCUT2D eigenvalue weighted by Crippen LogP contribution is -2.48. The van der Waals surface area contributed by atoms with Crippen molar-refractivity contribution in [1.82, 2.24) is 25.5 Å². The number of thiophene rings is 1. The molecule has 11 rings (SSSR count). The first-order chi connectivity index (χ1) is 36.9. The predicted molar refractivity (Wildman–Crippen MR) is 287 cm³/mol. The third kappa shape index (κ3) is 10.5. The van der Waals surface area contributed by atoms with Gasteiger partial charge >= 0.3 is 6.29 Å². The van der Waals surface area contributed by atoms with Gasteiger partial charge in [0.1, 0.15) is 15.5 Å². The highest BCUT2D eigenvalue weighted by Gasteiger charge is 2.53. The molecule has 1 saturated heterocycles. The molecular formula is C57H65F3N8O8S. The van der Waals surface area contributed by atoms with Crippen LogP contribution in [0.1, 0.15) is 83.7 Å². The molecule has 1 unspecified atom stereocenters. The second-order valence-electron chi connectivity index (χ2n) is 22.2. The van der Waals surface area contributed by atoms with Gasteiger partial charge in [-0.05, 0) is 129 Å². The van der Waals surface area contributed by atoms with Crippen LogP contribution in [0, 0.1) is 30.5 Å². The first-order valence-corrected chi connectivity index (χ1v) is 27.4. The minimum Gasteiger partial charge on any atom is -0.397 e. The number of ether oxygens (including phenoxy) is 3. The monoisotopic (exact) mass is 1080 g/mol. The number of carbonyl (C=O) groups is 3. The Morgan fingerprint density at radius 1 is 0.961 bits per heavy atom. The molecule has 2 bridgehead atoms. The van der Waals surface area contributed by atoms with Gasteiger partial charge in [-0.1, -0.05) is 26.0 Å². The second-order valence-corrected chi connectivity index (χ2v) is 23.2. The van der Waals surface area contributed by atoms with Crippen molar-refractivity contribution in [2.75, 3.05) is 68.5 Å². The zero-order valence-electron chi connectivity index (χ0n) is 43.4. The average molecular weight is 1080 g/mol. The number of hydrogen-bond donors (Lipinski definition) is 7. The fourth-order valence-corrected chi connectivity index (χ4v) is 13.1. The molecule has 2 aliphatic heterocycles. The van der Waals surface area contributed by atoms with E-state index in [-0.39, 0.29) is 72.5 Å². The van der Waals surface area contributed by atoms with Gasteiger partial charge in [-0.2, -0.15) is 0 Å². The summed E-state index contributed by atoms with van der Waals surface area (Å²) >= 11 is 1.34. The quantitative estimate of drug-likeness (QED) is 0.0406. The number of amides is 3. The molecule has 8 N–H and O–H groups in total. The molecule has 3 aromatic carbocycles. The molecule has 5 atom stereocenters. The summed E-state index contributed by atoms with van der Waals surface area (Å²) in [6, 6.07) is 19.4. The van der Waals surface area contributed by atoms with Crippen molar-refractivity contribution >= 4 is 67.2 Å². The van der Waals surface area contributed by atoms with E-state index in [1.165, 1.54) is 58.5 Å². The number of aromatic nitrogens is 2. The van der Waals surface area contributed by atoms with Crippen molar-refractivity contribution in [1.29, 1.82) is 0 Å². The zero-order valence-corrected chi connectivity index (χ0v) is 44.2. The van der Waals surface area contributed by atoms with Gasteiger partial charge in [-0.15, -0.1) is 20.1 Å². The molecule has 3 fully saturated rings. The van der Waals surface area contributed by atoms with Crippen molar-refractivity contribution in [3.63, 3.8) is 0 Å². The van der Waals surface area contributed by atoms with Gasteiger partial charge in [0, 0.05) is 84.0 Å². The number of halogens is 3. The van der Waals surface area contributed by atoms with Crippen molar-refractivity contribution < 1.29 is 52.0 Å². The van der Waals surface area contributed by atoms with E-state index in [1.807, 2.05) is 39.0 Å². The summed E-state index contributed by atoms with van der Waals surface area (Å²) in [6.45, 7) is 8.83. The summed E-state index contributed by atoms with van der Waals surface area (Å²) in [5.74, 6) is -1.08. The summed E-state index contributed by atoms with van der Waals surface area (Å²) in [6.07, 6.45) is 0.653. The van der Waals surface area contributed by atoms with Crippen molar-refractivity contribution in [2.24, 2.45) is 17.8 Å². The number of aliphatic hydroxyl groups excluding tert-OH is 2. The molecule has 77 heavy (non-hydrogen) atoms. The van der Waals surface area contributed by atoms with E-state index in [2.05, 4.69) is 58.8 Å². The summed E-state index contributed by atoms with van der Waals surface area (Å²) < 4.78 is 60.0. The highest BCUT2D eigenvalue weighted by atomic mass is 32.1. The van der Waals surface area contributed by atoms with E-state index in [1.54, 1.807) is 4.57 Å². The second kappa shape index (κ2) is 20.7. The molecule has 3 aliphatic carbocycles. The van der Waals surface area contributed by atoms with Crippen LogP contribution in [-0.2, 0) is 44.5 Å².